The molecule has 94 valence electrons. The van der Waals surface area contributed by atoms with Crippen LogP contribution in [0.15, 0.2) is 18.2 Å². The third-order valence-corrected chi connectivity index (χ3v) is 3.66. The van der Waals surface area contributed by atoms with E-state index < -0.39 is 0 Å². The van der Waals surface area contributed by atoms with Crippen LogP contribution in [0.4, 0.5) is 0 Å². The second kappa shape index (κ2) is 6.15. The van der Waals surface area contributed by atoms with Crippen molar-refractivity contribution in [3.8, 4) is 0 Å². The summed E-state index contributed by atoms with van der Waals surface area (Å²) in [7, 11) is 0. The monoisotopic (exact) mass is 232 g/mol. The second-order valence-corrected chi connectivity index (χ2v) is 5.10. The van der Waals surface area contributed by atoms with E-state index in [1.165, 1.54) is 50.9 Å². The van der Waals surface area contributed by atoms with Crippen molar-refractivity contribution in [3.63, 3.8) is 0 Å². The van der Waals surface area contributed by atoms with Gasteiger partial charge >= 0.3 is 0 Å². The van der Waals surface area contributed by atoms with E-state index in [-0.39, 0.29) is 0 Å². The van der Waals surface area contributed by atoms with Gasteiger partial charge in [0, 0.05) is 5.69 Å². The zero-order valence-electron chi connectivity index (χ0n) is 11.2. The third kappa shape index (κ3) is 3.29. The van der Waals surface area contributed by atoms with Gasteiger partial charge in [-0.15, -0.1) is 0 Å². The van der Waals surface area contributed by atoms with Crippen molar-refractivity contribution in [2.24, 2.45) is 0 Å². The van der Waals surface area contributed by atoms with Gasteiger partial charge in [0.2, 0.25) is 0 Å². The average Bonchev–Trinajstić information content (AvgIpc) is 2.37. The summed E-state index contributed by atoms with van der Waals surface area (Å²) in [5, 5.41) is 0. The molecule has 0 aromatic carbocycles. The average molecular weight is 232 g/mol. The highest BCUT2D eigenvalue weighted by Crippen LogP contribution is 2.29. The molecule has 1 aliphatic rings. The van der Waals surface area contributed by atoms with Crippen LogP contribution in [0.3, 0.4) is 0 Å². The maximum absolute atomic E-state index is 4.71. The number of nitrogens with zero attached hydrogens (tertiary/aromatic N) is 2. The molecule has 1 aromatic heterocycles. The Morgan fingerprint density at radius 3 is 3.00 bits per heavy atom. The molecule has 1 aliphatic heterocycles. The molecule has 0 saturated carbocycles. The van der Waals surface area contributed by atoms with E-state index in [4.69, 9.17) is 4.98 Å². The first kappa shape index (κ1) is 12.6. The minimum atomic E-state index is 0.565. The van der Waals surface area contributed by atoms with Crippen molar-refractivity contribution in [1.82, 2.24) is 9.88 Å². The largest absolute Gasteiger partial charge is 0.295 e. The van der Waals surface area contributed by atoms with Crippen LogP contribution in [0, 0.1) is 6.92 Å². The number of pyridine rings is 1. The summed E-state index contributed by atoms with van der Waals surface area (Å²) in [5.74, 6) is 0. The zero-order chi connectivity index (χ0) is 12.1. The Balaban J connectivity index is 2.10. The molecule has 0 bridgehead atoms. The summed E-state index contributed by atoms with van der Waals surface area (Å²) in [4.78, 5) is 7.35. The molecule has 0 aliphatic carbocycles. The van der Waals surface area contributed by atoms with Gasteiger partial charge in [0.15, 0.2) is 0 Å². The molecule has 2 heteroatoms. The smallest absolute Gasteiger partial charge is 0.0578 e. The fourth-order valence-corrected chi connectivity index (χ4v) is 2.70. The lowest BCUT2D eigenvalue weighted by Gasteiger charge is -2.35. The highest BCUT2D eigenvalue weighted by Gasteiger charge is 2.24. The highest BCUT2D eigenvalue weighted by molar-refractivity contribution is 5.14. The van der Waals surface area contributed by atoms with Crippen molar-refractivity contribution in [2.75, 3.05) is 13.1 Å². The van der Waals surface area contributed by atoms with E-state index >= 15 is 0 Å². The topological polar surface area (TPSA) is 16.1 Å². The van der Waals surface area contributed by atoms with Gasteiger partial charge in [0.25, 0.3) is 0 Å². The van der Waals surface area contributed by atoms with Crippen LogP contribution in [-0.4, -0.2) is 23.0 Å². The van der Waals surface area contributed by atoms with Crippen LogP contribution >= 0.6 is 0 Å². The van der Waals surface area contributed by atoms with Crippen molar-refractivity contribution in [2.45, 2.75) is 52.0 Å². The molecule has 1 saturated heterocycles. The Hall–Kier alpha value is -0.890. The number of piperidine rings is 1. The summed E-state index contributed by atoms with van der Waals surface area (Å²) in [5.41, 5.74) is 2.42. The molecule has 0 N–H and O–H groups in total. The predicted molar refractivity (Wildman–Crippen MR) is 72.0 cm³/mol. The van der Waals surface area contributed by atoms with E-state index in [2.05, 4.69) is 36.9 Å². The van der Waals surface area contributed by atoms with Crippen LogP contribution in [0.5, 0.6) is 0 Å². The normalized spacial score (nSPS) is 21.6. The van der Waals surface area contributed by atoms with Crippen molar-refractivity contribution >= 4 is 0 Å². The molecule has 2 nitrogen and oxygen atoms in total. The van der Waals surface area contributed by atoms with E-state index in [9.17, 15) is 0 Å². The molecule has 0 radical (unpaired) electrons. The zero-order valence-corrected chi connectivity index (χ0v) is 11.2. The number of hydrogen-bond acceptors (Lipinski definition) is 2. The molecule has 1 atom stereocenters. The number of aryl methyl sites for hydroxylation is 1. The summed E-state index contributed by atoms with van der Waals surface area (Å²) in [6.07, 6.45) is 6.57. The highest BCUT2D eigenvalue weighted by atomic mass is 15.2. The maximum Gasteiger partial charge on any atom is 0.0578 e. The second-order valence-electron chi connectivity index (χ2n) is 5.10. The van der Waals surface area contributed by atoms with Crippen molar-refractivity contribution in [3.05, 3.63) is 29.6 Å². The minimum Gasteiger partial charge on any atom is -0.295 e. The molecule has 0 unspecified atom stereocenters. The number of hydrogen-bond donors (Lipinski definition) is 0. The summed E-state index contributed by atoms with van der Waals surface area (Å²) >= 11 is 0. The number of unbranched alkanes of at least 4 members (excludes halogenated alkanes) is 1. The van der Waals surface area contributed by atoms with Gasteiger partial charge < -0.3 is 0 Å². The van der Waals surface area contributed by atoms with E-state index in [0.29, 0.717) is 6.04 Å². The maximum atomic E-state index is 4.71. The van der Waals surface area contributed by atoms with Gasteiger partial charge in [0.05, 0.1) is 11.7 Å². The number of aromatic nitrogens is 1. The fourth-order valence-electron chi connectivity index (χ4n) is 2.70. The quantitative estimate of drug-likeness (QED) is 0.786. The van der Waals surface area contributed by atoms with E-state index in [0.717, 1.165) is 5.69 Å². The lowest BCUT2D eigenvalue weighted by molar-refractivity contribution is 0.143. The third-order valence-electron chi connectivity index (χ3n) is 3.66. The van der Waals surface area contributed by atoms with Gasteiger partial charge in [-0.2, -0.15) is 0 Å². The standard InChI is InChI=1S/C15H24N2/c1-3-4-11-17-12-6-5-10-15(17)14-9-7-8-13(2)16-14/h7-9,15H,3-6,10-12H2,1-2H3/t15-/m1/s1. The Kier molecular flexibility index (Phi) is 4.55. The van der Waals surface area contributed by atoms with Crippen molar-refractivity contribution < 1.29 is 0 Å². The van der Waals surface area contributed by atoms with Crippen LogP contribution in [-0.2, 0) is 0 Å². The first-order chi connectivity index (χ1) is 8.31. The molecule has 0 amide bonds. The van der Waals surface area contributed by atoms with Crippen LogP contribution < -0.4 is 0 Å². The summed E-state index contributed by atoms with van der Waals surface area (Å²) < 4.78 is 0. The van der Waals surface area contributed by atoms with Crippen LogP contribution in [0.25, 0.3) is 0 Å². The lowest BCUT2D eigenvalue weighted by Crippen LogP contribution is -2.34. The van der Waals surface area contributed by atoms with Gasteiger partial charge in [-0.25, -0.2) is 0 Å². The summed E-state index contributed by atoms with van der Waals surface area (Å²) in [6, 6.07) is 6.99. The van der Waals surface area contributed by atoms with Gasteiger partial charge in [-0.05, 0) is 51.4 Å². The summed E-state index contributed by atoms with van der Waals surface area (Å²) in [6.45, 7) is 6.84. The molecule has 0 spiro atoms. The van der Waals surface area contributed by atoms with E-state index in [1.54, 1.807) is 0 Å². The van der Waals surface area contributed by atoms with Crippen molar-refractivity contribution in [1.29, 1.82) is 0 Å². The Labute approximate surface area is 105 Å². The number of likely N-dealkylation sites (tertiary alicyclic amines) is 1. The molecular formula is C15H24N2. The lowest BCUT2D eigenvalue weighted by atomic mass is 9.98. The molecule has 1 fully saturated rings. The predicted octanol–water partition coefficient (Wildman–Crippen LogP) is 3.72. The molecule has 1 aromatic rings. The molecule has 2 rings (SSSR count). The van der Waals surface area contributed by atoms with Crippen LogP contribution in [0.1, 0.15) is 56.5 Å². The minimum absolute atomic E-state index is 0.565. The Morgan fingerprint density at radius 1 is 1.35 bits per heavy atom. The van der Waals surface area contributed by atoms with Gasteiger partial charge in [-0.1, -0.05) is 25.8 Å². The van der Waals surface area contributed by atoms with Crippen LogP contribution in [0.2, 0.25) is 0 Å². The SMILES string of the molecule is CCCCN1CCCC[C@@H]1c1cccc(C)n1. The molecule has 17 heavy (non-hydrogen) atoms. The number of rotatable bonds is 4. The molecule has 2 heterocycles. The Morgan fingerprint density at radius 2 is 2.24 bits per heavy atom. The van der Waals surface area contributed by atoms with E-state index in [1.807, 2.05) is 0 Å². The van der Waals surface area contributed by atoms with Gasteiger partial charge in [-0.3, -0.25) is 9.88 Å². The Bertz CT molecular complexity index is 349. The van der Waals surface area contributed by atoms with Gasteiger partial charge in [0.1, 0.15) is 0 Å². The fraction of sp³-hybridized carbons (Fsp3) is 0.667. The first-order valence-corrected chi connectivity index (χ1v) is 6.99. The first-order valence-electron chi connectivity index (χ1n) is 6.99. The molecular weight excluding hydrogens is 208 g/mol.